The molecule has 1 atom stereocenters. The summed E-state index contributed by atoms with van der Waals surface area (Å²) in [6, 6.07) is 0. The van der Waals surface area contributed by atoms with Crippen molar-refractivity contribution in [1.82, 2.24) is 0 Å². The molecule has 6 heteroatoms. The lowest BCUT2D eigenvalue weighted by Crippen LogP contribution is -2.30. The van der Waals surface area contributed by atoms with Crippen molar-refractivity contribution in [3.63, 3.8) is 0 Å². The maximum atomic E-state index is 12.8. The Morgan fingerprint density at radius 1 is 0.273 bits per heavy atom. The molecule has 0 heterocycles. The van der Waals surface area contributed by atoms with Gasteiger partial charge < -0.3 is 14.2 Å². The number of hydrogen-bond donors (Lipinski definition) is 0. The van der Waals surface area contributed by atoms with Crippen molar-refractivity contribution in [2.75, 3.05) is 13.2 Å². The molecule has 0 spiro atoms. The summed E-state index contributed by atoms with van der Waals surface area (Å²) < 4.78 is 16.7. The van der Waals surface area contributed by atoms with Gasteiger partial charge in [0, 0.05) is 19.3 Å². The van der Waals surface area contributed by atoms with Crippen molar-refractivity contribution in [1.29, 1.82) is 0 Å². The van der Waals surface area contributed by atoms with Gasteiger partial charge in [-0.2, -0.15) is 0 Å². The highest BCUT2D eigenvalue weighted by Gasteiger charge is 2.19. The van der Waals surface area contributed by atoms with Crippen LogP contribution in [0, 0.1) is 0 Å². The van der Waals surface area contributed by atoms with Crippen LogP contribution >= 0.6 is 0 Å². The van der Waals surface area contributed by atoms with E-state index in [-0.39, 0.29) is 37.5 Å². The Hall–Kier alpha value is -4.19. The summed E-state index contributed by atoms with van der Waals surface area (Å²) >= 11 is 0. The summed E-state index contributed by atoms with van der Waals surface area (Å²) in [5.41, 5.74) is 0. The fourth-order valence-electron chi connectivity index (χ4n) is 8.67. The van der Waals surface area contributed by atoms with E-state index in [1.807, 2.05) is 0 Å². The fraction of sp³-hybridized carbons (Fsp3) is 0.676. The van der Waals surface area contributed by atoms with Crippen LogP contribution in [0.5, 0.6) is 0 Å². The predicted molar refractivity (Wildman–Crippen MR) is 334 cm³/mol. The van der Waals surface area contributed by atoms with Crippen molar-refractivity contribution in [2.45, 2.75) is 297 Å². The average molecular weight is 1070 g/mol. The molecule has 0 aromatic carbocycles. The molecule has 0 saturated heterocycles. The van der Waals surface area contributed by atoms with Crippen LogP contribution in [0.3, 0.4) is 0 Å². The number of rotatable bonds is 57. The minimum Gasteiger partial charge on any atom is -0.462 e. The number of unbranched alkanes of at least 4 members (excludes halogenated alkanes) is 26. The Morgan fingerprint density at radius 3 is 0.805 bits per heavy atom. The second kappa shape index (κ2) is 64.3. The zero-order valence-corrected chi connectivity index (χ0v) is 50.2. The van der Waals surface area contributed by atoms with Crippen molar-refractivity contribution < 1.29 is 28.6 Å². The minimum atomic E-state index is -0.796. The number of esters is 3. The molecule has 0 radical (unpaired) electrons. The molecule has 438 valence electrons. The highest BCUT2D eigenvalue weighted by molar-refractivity contribution is 5.71. The molecule has 0 aromatic rings. The van der Waals surface area contributed by atoms with Crippen LogP contribution < -0.4 is 0 Å². The lowest BCUT2D eigenvalue weighted by molar-refractivity contribution is -0.167. The van der Waals surface area contributed by atoms with Crippen molar-refractivity contribution in [3.05, 3.63) is 122 Å². The van der Waals surface area contributed by atoms with Crippen LogP contribution in [0.25, 0.3) is 0 Å². The first-order valence-electron chi connectivity index (χ1n) is 32.0. The highest BCUT2D eigenvalue weighted by atomic mass is 16.6. The average Bonchev–Trinajstić information content (AvgIpc) is 3.43. The molecule has 0 rings (SSSR count). The van der Waals surface area contributed by atoms with Crippen LogP contribution in [0.15, 0.2) is 122 Å². The van der Waals surface area contributed by atoms with E-state index in [9.17, 15) is 14.4 Å². The van der Waals surface area contributed by atoms with Crippen molar-refractivity contribution >= 4 is 17.9 Å². The fourth-order valence-corrected chi connectivity index (χ4v) is 8.67. The van der Waals surface area contributed by atoms with Gasteiger partial charge in [-0.3, -0.25) is 14.4 Å². The summed E-state index contributed by atoms with van der Waals surface area (Å²) in [4.78, 5) is 37.9. The summed E-state index contributed by atoms with van der Waals surface area (Å²) in [7, 11) is 0. The van der Waals surface area contributed by atoms with Crippen LogP contribution in [0.1, 0.15) is 290 Å². The van der Waals surface area contributed by atoms with E-state index in [0.717, 1.165) is 135 Å². The van der Waals surface area contributed by atoms with Gasteiger partial charge in [0.25, 0.3) is 0 Å². The Balaban J connectivity index is 4.11. The largest absolute Gasteiger partial charge is 0.462 e. The summed E-state index contributed by atoms with van der Waals surface area (Å²) in [5.74, 6) is -0.940. The zero-order chi connectivity index (χ0) is 55.7. The second-order valence-electron chi connectivity index (χ2n) is 20.9. The third kappa shape index (κ3) is 62.5. The maximum Gasteiger partial charge on any atom is 0.306 e. The lowest BCUT2D eigenvalue weighted by Gasteiger charge is -2.18. The molecule has 1 unspecified atom stereocenters. The van der Waals surface area contributed by atoms with Gasteiger partial charge in [0.15, 0.2) is 6.10 Å². The Morgan fingerprint density at radius 2 is 0.506 bits per heavy atom. The van der Waals surface area contributed by atoms with Gasteiger partial charge in [-0.25, -0.2) is 0 Å². The van der Waals surface area contributed by atoms with E-state index >= 15 is 0 Å². The Kier molecular flexibility index (Phi) is 60.8. The maximum absolute atomic E-state index is 12.8. The van der Waals surface area contributed by atoms with Gasteiger partial charge in [-0.1, -0.05) is 277 Å². The number of carbonyl (C=O) groups excluding carboxylic acids is 3. The topological polar surface area (TPSA) is 78.9 Å². The molecular formula is C71H118O6. The quantitative estimate of drug-likeness (QED) is 0.0261. The molecule has 0 fully saturated rings. The first kappa shape index (κ1) is 72.8. The summed E-state index contributed by atoms with van der Waals surface area (Å²) in [5, 5.41) is 0. The van der Waals surface area contributed by atoms with Crippen LogP contribution in [-0.2, 0) is 28.6 Å². The van der Waals surface area contributed by atoms with Crippen molar-refractivity contribution in [3.8, 4) is 0 Å². The standard InChI is InChI=1S/C71H118O6/c1-4-7-10-13-15-17-19-21-23-25-27-29-31-33-34-35-36-38-39-41-43-45-47-49-51-53-55-58-61-64-70(73)76-67-68(66-75-69(72)63-60-57-12-9-6-3)77-71(74)65-62-59-56-54-52-50-48-46-44-42-40-37-32-30-28-26-24-22-20-18-16-14-11-8-5-2/h8,11,16,18-19,21-22,24-25,27-28,30-31,33,37,40,44,46,50,52,68H,4-7,9-10,12-15,17,20,23,26,29,32,34-36,38-39,41-43,45,47-49,51,53-67H2,1-3H3/b11-8-,18-16-,21-19-,24-22-,27-25-,30-28-,33-31-,40-37-,46-44-,52-50-. The van der Waals surface area contributed by atoms with E-state index in [2.05, 4.69) is 142 Å². The molecule has 0 saturated carbocycles. The number of allylic oxidation sites excluding steroid dienone is 20. The highest BCUT2D eigenvalue weighted by Crippen LogP contribution is 2.16. The lowest BCUT2D eigenvalue weighted by atomic mass is 10.0. The molecule has 0 aliphatic heterocycles. The van der Waals surface area contributed by atoms with E-state index in [4.69, 9.17) is 14.2 Å². The third-order valence-electron chi connectivity index (χ3n) is 13.5. The minimum absolute atomic E-state index is 0.0934. The van der Waals surface area contributed by atoms with E-state index < -0.39 is 6.10 Å². The molecule has 6 nitrogen and oxygen atoms in total. The molecule has 77 heavy (non-hydrogen) atoms. The summed E-state index contributed by atoms with van der Waals surface area (Å²) in [6.45, 7) is 6.41. The zero-order valence-electron chi connectivity index (χ0n) is 50.2. The van der Waals surface area contributed by atoms with Crippen LogP contribution in [0.4, 0.5) is 0 Å². The third-order valence-corrected chi connectivity index (χ3v) is 13.5. The molecule has 0 aliphatic carbocycles. The molecule has 0 bridgehead atoms. The SMILES string of the molecule is CC/C=C\C/C=C\C/C=C\C/C=C\C/C=C\C/C=C\C/C=C\CCCCCC(=O)OC(COC(=O)CCCCCCC)COC(=O)CCCCCCCCCCCCCCCC/C=C\C/C=C\C/C=C\CCCCCCC. The first-order chi connectivity index (χ1) is 38.0. The predicted octanol–water partition coefficient (Wildman–Crippen LogP) is 22.0. The van der Waals surface area contributed by atoms with Gasteiger partial charge >= 0.3 is 17.9 Å². The number of carbonyl (C=O) groups is 3. The molecule has 0 N–H and O–H groups in total. The molecule has 0 aromatic heterocycles. The first-order valence-corrected chi connectivity index (χ1v) is 32.0. The van der Waals surface area contributed by atoms with Crippen LogP contribution in [0.2, 0.25) is 0 Å². The smallest absolute Gasteiger partial charge is 0.306 e. The van der Waals surface area contributed by atoms with E-state index in [1.54, 1.807) is 0 Å². The monoisotopic (exact) mass is 1070 g/mol. The van der Waals surface area contributed by atoms with Gasteiger partial charge in [0.1, 0.15) is 13.2 Å². The molecule has 0 amide bonds. The normalized spacial score (nSPS) is 12.9. The van der Waals surface area contributed by atoms with Crippen LogP contribution in [-0.4, -0.2) is 37.2 Å². The summed E-state index contributed by atoms with van der Waals surface area (Å²) in [6.07, 6.45) is 89.7. The van der Waals surface area contributed by atoms with Gasteiger partial charge in [-0.15, -0.1) is 0 Å². The number of ether oxygens (including phenoxy) is 3. The van der Waals surface area contributed by atoms with Gasteiger partial charge in [-0.05, 0) is 116 Å². The molecule has 0 aliphatic rings. The van der Waals surface area contributed by atoms with Gasteiger partial charge in [0.05, 0.1) is 0 Å². The van der Waals surface area contributed by atoms with E-state index in [0.29, 0.717) is 12.8 Å². The van der Waals surface area contributed by atoms with E-state index in [1.165, 1.54) is 116 Å². The van der Waals surface area contributed by atoms with Gasteiger partial charge in [0.2, 0.25) is 0 Å². The Bertz CT molecular complexity index is 1600. The Labute approximate surface area is 475 Å². The van der Waals surface area contributed by atoms with Crippen molar-refractivity contribution in [2.24, 2.45) is 0 Å². The second-order valence-corrected chi connectivity index (χ2v) is 20.9. The molecular weight excluding hydrogens is 949 g/mol. The number of hydrogen-bond acceptors (Lipinski definition) is 6.